The van der Waals surface area contributed by atoms with Crippen molar-refractivity contribution in [2.75, 3.05) is 5.73 Å². The number of nitrogen functional groups attached to an aromatic ring is 1. The molecule has 114 valence electrons. The molecule has 1 aliphatic rings. The van der Waals surface area contributed by atoms with Gasteiger partial charge in [0.05, 0.1) is 10.7 Å². The summed E-state index contributed by atoms with van der Waals surface area (Å²) in [4.78, 5) is 4.62. The third-order valence-electron chi connectivity index (χ3n) is 4.69. The number of anilines is 1. The lowest BCUT2D eigenvalue weighted by Crippen LogP contribution is -2.13. The average molecular weight is 307 g/mol. The van der Waals surface area contributed by atoms with Gasteiger partial charge in [-0.1, -0.05) is 37.8 Å². The summed E-state index contributed by atoms with van der Waals surface area (Å²) in [5.41, 5.74) is 7.94. The van der Waals surface area contributed by atoms with Crippen LogP contribution in [0, 0.1) is 5.92 Å². The molecule has 1 aromatic carbocycles. The van der Waals surface area contributed by atoms with E-state index < -0.39 is 0 Å². The highest BCUT2D eigenvalue weighted by Crippen LogP contribution is 2.38. The fourth-order valence-electron chi connectivity index (χ4n) is 3.35. The first-order valence-corrected chi connectivity index (χ1v) is 8.40. The van der Waals surface area contributed by atoms with Crippen LogP contribution in [0.25, 0.3) is 11.1 Å². The second-order valence-corrected chi connectivity index (χ2v) is 6.66. The molecule has 0 saturated heterocycles. The predicted molar refractivity (Wildman–Crippen MR) is 87.7 cm³/mol. The van der Waals surface area contributed by atoms with Crippen LogP contribution in [-0.4, -0.2) is 4.98 Å². The van der Waals surface area contributed by atoms with Crippen LogP contribution in [0.3, 0.4) is 0 Å². The van der Waals surface area contributed by atoms with Gasteiger partial charge in [0.1, 0.15) is 5.52 Å². The van der Waals surface area contributed by atoms with Gasteiger partial charge in [-0.25, -0.2) is 4.98 Å². The van der Waals surface area contributed by atoms with Gasteiger partial charge in [0.2, 0.25) is 0 Å². The summed E-state index contributed by atoms with van der Waals surface area (Å²) in [5.74, 6) is 2.21. The maximum Gasteiger partial charge on any atom is 0.198 e. The molecule has 0 aliphatic heterocycles. The molecular weight excluding hydrogens is 284 g/mol. The Kier molecular flexibility index (Phi) is 4.39. The van der Waals surface area contributed by atoms with Gasteiger partial charge >= 0.3 is 0 Å². The molecule has 0 atom stereocenters. The Morgan fingerprint density at radius 1 is 1.29 bits per heavy atom. The Balaban J connectivity index is 1.70. The first-order valence-electron chi connectivity index (χ1n) is 8.02. The van der Waals surface area contributed by atoms with Crippen molar-refractivity contribution in [1.82, 2.24) is 4.98 Å². The molecule has 2 aromatic rings. The highest BCUT2D eigenvalue weighted by molar-refractivity contribution is 6.33. The molecule has 1 heterocycles. The number of hydrogen-bond donors (Lipinski definition) is 1. The summed E-state index contributed by atoms with van der Waals surface area (Å²) in [6.45, 7) is 2.26. The maximum atomic E-state index is 6.04. The molecule has 2 N–H and O–H groups in total. The van der Waals surface area contributed by atoms with Crippen molar-refractivity contribution < 1.29 is 4.42 Å². The Bertz CT molecular complexity index is 576. The Morgan fingerprint density at radius 2 is 2.05 bits per heavy atom. The average Bonchev–Trinajstić information content (AvgIpc) is 2.89. The van der Waals surface area contributed by atoms with E-state index in [1.165, 1.54) is 44.9 Å². The molecular formula is C17H23ClN2O. The van der Waals surface area contributed by atoms with Gasteiger partial charge in [-0.3, -0.25) is 0 Å². The second-order valence-electron chi connectivity index (χ2n) is 6.25. The van der Waals surface area contributed by atoms with Crippen molar-refractivity contribution in [2.24, 2.45) is 5.92 Å². The third kappa shape index (κ3) is 3.18. The van der Waals surface area contributed by atoms with E-state index in [0.717, 1.165) is 22.9 Å². The van der Waals surface area contributed by atoms with E-state index in [1.807, 2.05) is 0 Å². The molecule has 0 bridgehead atoms. The van der Waals surface area contributed by atoms with Gasteiger partial charge in [-0.05, 0) is 37.7 Å². The fourth-order valence-corrected chi connectivity index (χ4v) is 3.51. The molecule has 0 spiro atoms. The van der Waals surface area contributed by atoms with E-state index in [-0.39, 0.29) is 0 Å². The molecule has 0 radical (unpaired) electrons. The molecule has 21 heavy (non-hydrogen) atoms. The highest BCUT2D eigenvalue weighted by Gasteiger charge is 2.25. The van der Waals surface area contributed by atoms with Gasteiger partial charge in [-0.2, -0.15) is 0 Å². The van der Waals surface area contributed by atoms with E-state index >= 15 is 0 Å². The summed E-state index contributed by atoms with van der Waals surface area (Å²) in [6, 6.07) is 3.58. The first kappa shape index (κ1) is 14.7. The second kappa shape index (κ2) is 6.27. The van der Waals surface area contributed by atoms with Crippen LogP contribution in [0.2, 0.25) is 5.02 Å². The zero-order chi connectivity index (χ0) is 14.8. The molecule has 1 aromatic heterocycles. The maximum absolute atomic E-state index is 6.04. The Morgan fingerprint density at radius 3 is 2.76 bits per heavy atom. The largest absolute Gasteiger partial charge is 0.440 e. The number of oxazole rings is 1. The molecule has 1 fully saturated rings. The molecule has 0 amide bonds. The van der Waals surface area contributed by atoms with Gasteiger partial charge in [0.25, 0.3) is 0 Å². The van der Waals surface area contributed by atoms with Crippen LogP contribution >= 0.6 is 11.6 Å². The monoisotopic (exact) mass is 306 g/mol. The number of aromatic nitrogens is 1. The van der Waals surface area contributed by atoms with Gasteiger partial charge in [0, 0.05) is 12.0 Å². The number of halogens is 1. The summed E-state index contributed by atoms with van der Waals surface area (Å²) in [6.07, 6.45) is 9.00. The number of fused-ring (bicyclic) bond motifs is 1. The van der Waals surface area contributed by atoms with Gasteiger partial charge < -0.3 is 10.2 Å². The molecule has 4 heteroatoms. The lowest BCUT2D eigenvalue weighted by atomic mass is 9.80. The number of rotatable bonds is 4. The van der Waals surface area contributed by atoms with E-state index in [2.05, 4.69) is 11.9 Å². The standard InChI is InChI=1S/C17H23ClN2O/c1-2-3-4-11-5-7-12(8-6-11)17-20-15-9-13(18)14(19)10-16(15)21-17/h9-12H,2-8,19H2,1H3. The molecule has 0 unspecified atom stereocenters. The van der Waals surface area contributed by atoms with Gasteiger partial charge in [-0.15, -0.1) is 0 Å². The lowest BCUT2D eigenvalue weighted by Gasteiger charge is -2.26. The third-order valence-corrected chi connectivity index (χ3v) is 5.01. The minimum atomic E-state index is 0.454. The van der Waals surface area contributed by atoms with Crippen LogP contribution in [0.1, 0.15) is 63.7 Å². The van der Waals surface area contributed by atoms with Crippen LogP contribution < -0.4 is 5.73 Å². The SMILES string of the molecule is CCCCC1CCC(c2nc3cc(Cl)c(N)cc3o2)CC1. The zero-order valence-electron chi connectivity index (χ0n) is 12.6. The Labute approximate surface area is 130 Å². The van der Waals surface area contributed by atoms with Crippen molar-refractivity contribution in [3.05, 3.63) is 23.0 Å². The summed E-state index contributed by atoms with van der Waals surface area (Å²) in [7, 11) is 0. The summed E-state index contributed by atoms with van der Waals surface area (Å²) >= 11 is 6.04. The minimum Gasteiger partial charge on any atom is -0.440 e. The topological polar surface area (TPSA) is 52.0 Å². The van der Waals surface area contributed by atoms with Crippen LogP contribution in [-0.2, 0) is 0 Å². The molecule has 3 nitrogen and oxygen atoms in total. The summed E-state index contributed by atoms with van der Waals surface area (Å²) < 4.78 is 5.91. The number of benzene rings is 1. The first-order chi connectivity index (χ1) is 10.2. The van der Waals surface area contributed by atoms with Crippen molar-refractivity contribution in [1.29, 1.82) is 0 Å². The number of nitrogens with zero attached hydrogens (tertiary/aromatic N) is 1. The van der Waals surface area contributed by atoms with Crippen molar-refractivity contribution in [3.63, 3.8) is 0 Å². The lowest BCUT2D eigenvalue weighted by molar-refractivity contribution is 0.280. The van der Waals surface area contributed by atoms with E-state index in [1.54, 1.807) is 12.1 Å². The quantitative estimate of drug-likeness (QED) is 0.756. The highest BCUT2D eigenvalue weighted by atomic mass is 35.5. The molecule has 1 aliphatic carbocycles. The number of unbranched alkanes of at least 4 members (excludes halogenated alkanes) is 1. The molecule has 3 rings (SSSR count). The smallest absolute Gasteiger partial charge is 0.198 e. The fraction of sp³-hybridized carbons (Fsp3) is 0.588. The number of nitrogens with two attached hydrogens (primary N) is 1. The van der Waals surface area contributed by atoms with Crippen molar-refractivity contribution in [2.45, 2.75) is 57.8 Å². The van der Waals surface area contributed by atoms with E-state index in [4.69, 9.17) is 21.8 Å². The van der Waals surface area contributed by atoms with Crippen LogP contribution in [0.5, 0.6) is 0 Å². The van der Waals surface area contributed by atoms with Crippen LogP contribution in [0.4, 0.5) is 5.69 Å². The number of hydrogen-bond acceptors (Lipinski definition) is 3. The predicted octanol–water partition coefficient (Wildman–Crippen LogP) is 5.53. The van der Waals surface area contributed by atoms with E-state index in [0.29, 0.717) is 16.6 Å². The van der Waals surface area contributed by atoms with E-state index in [9.17, 15) is 0 Å². The van der Waals surface area contributed by atoms with Crippen molar-refractivity contribution >= 4 is 28.4 Å². The zero-order valence-corrected chi connectivity index (χ0v) is 13.3. The summed E-state index contributed by atoms with van der Waals surface area (Å²) in [5, 5.41) is 0.547. The molecule has 1 saturated carbocycles. The van der Waals surface area contributed by atoms with Crippen molar-refractivity contribution in [3.8, 4) is 0 Å². The minimum absolute atomic E-state index is 0.454. The van der Waals surface area contributed by atoms with Gasteiger partial charge in [0.15, 0.2) is 11.5 Å². The Hall–Kier alpha value is -1.22. The normalized spacial score (nSPS) is 22.8. The van der Waals surface area contributed by atoms with Crippen LogP contribution in [0.15, 0.2) is 16.5 Å².